The number of aromatic nitrogens is 2. The maximum Gasteiger partial charge on any atom is 0.338 e. The van der Waals surface area contributed by atoms with Crippen LogP contribution in [0.2, 0.25) is 0 Å². The summed E-state index contributed by atoms with van der Waals surface area (Å²) in [6.07, 6.45) is 1.48. The number of fused-ring (bicyclic) bond motifs is 1. The van der Waals surface area contributed by atoms with E-state index in [9.17, 15) is 4.79 Å². The highest BCUT2D eigenvalue weighted by atomic mass is 79.9. The van der Waals surface area contributed by atoms with Gasteiger partial charge < -0.3 is 9.15 Å². The van der Waals surface area contributed by atoms with Crippen molar-refractivity contribution < 1.29 is 13.9 Å². The lowest BCUT2D eigenvalue weighted by Crippen LogP contribution is -2.04. The minimum atomic E-state index is -0.516. The molecule has 6 nitrogen and oxygen atoms in total. The van der Waals surface area contributed by atoms with Crippen LogP contribution in [-0.4, -0.2) is 23.0 Å². The number of pyridine rings is 1. The van der Waals surface area contributed by atoms with Crippen LogP contribution in [-0.2, 0) is 4.74 Å². The first kappa shape index (κ1) is 14.2. The topological polar surface area (TPSA) is 89.0 Å². The number of esters is 1. The van der Waals surface area contributed by atoms with E-state index in [0.717, 1.165) is 0 Å². The molecule has 1 aromatic carbocycles. The quantitative estimate of drug-likeness (QED) is 0.516. The molecule has 3 aromatic rings. The first-order chi connectivity index (χ1) is 10.6. The van der Waals surface area contributed by atoms with Gasteiger partial charge in [0.15, 0.2) is 5.58 Å². The van der Waals surface area contributed by atoms with Crippen molar-refractivity contribution in [2.45, 2.75) is 0 Å². The molecule has 0 saturated carbocycles. The Labute approximate surface area is 133 Å². The van der Waals surface area contributed by atoms with Gasteiger partial charge in [-0.1, -0.05) is 0 Å². The second kappa shape index (κ2) is 5.58. The molecule has 0 spiro atoms. The number of ether oxygens (including phenoxy) is 1. The molecule has 108 valence electrons. The molecular formula is C15H8BrN3O3. The van der Waals surface area contributed by atoms with Crippen LogP contribution in [0.5, 0.6) is 0 Å². The van der Waals surface area contributed by atoms with Crippen LogP contribution in [0.4, 0.5) is 0 Å². The number of carbonyl (C=O) groups is 1. The van der Waals surface area contributed by atoms with Crippen molar-refractivity contribution in [2.24, 2.45) is 0 Å². The summed E-state index contributed by atoms with van der Waals surface area (Å²) in [5.41, 5.74) is 2.24. The van der Waals surface area contributed by atoms with E-state index in [-0.39, 0.29) is 11.5 Å². The van der Waals surface area contributed by atoms with E-state index < -0.39 is 5.97 Å². The average Bonchev–Trinajstić information content (AvgIpc) is 2.96. The zero-order valence-corrected chi connectivity index (χ0v) is 12.9. The Morgan fingerprint density at radius 2 is 2.23 bits per heavy atom. The number of oxazole rings is 1. The van der Waals surface area contributed by atoms with Crippen molar-refractivity contribution in [1.82, 2.24) is 9.97 Å². The van der Waals surface area contributed by atoms with Gasteiger partial charge >= 0.3 is 5.97 Å². The van der Waals surface area contributed by atoms with Crippen molar-refractivity contribution in [3.8, 4) is 17.5 Å². The molecule has 0 radical (unpaired) electrons. The van der Waals surface area contributed by atoms with Crippen molar-refractivity contribution >= 4 is 33.0 Å². The lowest BCUT2D eigenvalue weighted by molar-refractivity contribution is 0.0601. The van der Waals surface area contributed by atoms with Gasteiger partial charge in [0.25, 0.3) is 0 Å². The summed E-state index contributed by atoms with van der Waals surface area (Å²) in [5.74, 6) is -0.274. The zero-order valence-electron chi connectivity index (χ0n) is 11.3. The molecule has 3 rings (SSSR count). The average molecular weight is 358 g/mol. The van der Waals surface area contributed by atoms with E-state index in [2.05, 4.69) is 25.9 Å². The molecule has 0 saturated heterocycles. The van der Waals surface area contributed by atoms with Gasteiger partial charge in [-0.25, -0.2) is 14.8 Å². The summed E-state index contributed by atoms with van der Waals surface area (Å²) in [6.45, 7) is 0. The first-order valence-electron chi connectivity index (χ1n) is 6.17. The number of halogens is 1. The zero-order chi connectivity index (χ0) is 15.7. The van der Waals surface area contributed by atoms with Crippen LogP contribution < -0.4 is 0 Å². The van der Waals surface area contributed by atoms with Gasteiger partial charge in [0.1, 0.15) is 10.1 Å². The number of methoxy groups -OCH3 is 1. The van der Waals surface area contributed by atoms with Crippen LogP contribution in [0, 0.1) is 11.3 Å². The van der Waals surface area contributed by atoms with Gasteiger partial charge in [-0.3, -0.25) is 0 Å². The number of hydrogen-bond acceptors (Lipinski definition) is 6. The minimum Gasteiger partial charge on any atom is -0.465 e. The van der Waals surface area contributed by atoms with E-state index in [4.69, 9.17) is 14.4 Å². The standard InChI is InChI=1S/C15H8BrN3O3/c1-21-15(20)9-5-13(16)18-7-10(9)14-19-11-3-2-8(6-17)4-12(11)22-14/h2-5,7H,1H3. The molecule has 0 aliphatic heterocycles. The second-order valence-corrected chi connectivity index (χ2v) is 5.17. The molecule has 0 aliphatic rings. The van der Waals surface area contributed by atoms with Crippen molar-refractivity contribution in [3.63, 3.8) is 0 Å². The Hall–Kier alpha value is -2.72. The smallest absolute Gasteiger partial charge is 0.338 e. The monoisotopic (exact) mass is 357 g/mol. The van der Waals surface area contributed by atoms with Crippen LogP contribution in [0.3, 0.4) is 0 Å². The van der Waals surface area contributed by atoms with E-state index >= 15 is 0 Å². The third-order valence-corrected chi connectivity index (χ3v) is 3.46. The highest BCUT2D eigenvalue weighted by Crippen LogP contribution is 2.28. The largest absolute Gasteiger partial charge is 0.465 e. The van der Waals surface area contributed by atoms with E-state index in [1.807, 2.05) is 6.07 Å². The van der Waals surface area contributed by atoms with Gasteiger partial charge in [0.2, 0.25) is 5.89 Å². The Kier molecular flexibility index (Phi) is 3.61. The first-order valence-corrected chi connectivity index (χ1v) is 6.96. The number of carbonyl (C=O) groups excluding carboxylic acids is 1. The minimum absolute atomic E-state index is 0.241. The van der Waals surface area contributed by atoms with Crippen LogP contribution in [0.15, 0.2) is 39.5 Å². The van der Waals surface area contributed by atoms with Gasteiger partial charge in [-0.05, 0) is 34.1 Å². The molecule has 0 aliphatic carbocycles. The fourth-order valence-corrected chi connectivity index (χ4v) is 2.32. The van der Waals surface area contributed by atoms with E-state index in [1.54, 1.807) is 18.2 Å². The molecule has 0 fully saturated rings. The van der Waals surface area contributed by atoms with Crippen molar-refractivity contribution in [1.29, 1.82) is 5.26 Å². The maximum absolute atomic E-state index is 11.9. The molecule has 7 heteroatoms. The molecule has 0 atom stereocenters. The summed E-state index contributed by atoms with van der Waals surface area (Å²) in [4.78, 5) is 20.3. The van der Waals surface area contributed by atoms with Gasteiger partial charge in [-0.2, -0.15) is 5.26 Å². The third-order valence-electron chi connectivity index (χ3n) is 3.02. The fourth-order valence-electron chi connectivity index (χ4n) is 1.99. The fraction of sp³-hybridized carbons (Fsp3) is 0.0667. The van der Waals surface area contributed by atoms with E-state index in [0.29, 0.717) is 26.8 Å². The van der Waals surface area contributed by atoms with Crippen LogP contribution in [0.25, 0.3) is 22.6 Å². The predicted octanol–water partition coefficient (Wildman–Crippen LogP) is 3.31. The number of benzene rings is 1. The molecule has 0 amide bonds. The molecule has 2 aromatic heterocycles. The number of rotatable bonds is 2. The number of hydrogen-bond donors (Lipinski definition) is 0. The van der Waals surface area contributed by atoms with Gasteiger partial charge in [-0.15, -0.1) is 0 Å². The van der Waals surface area contributed by atoms with Crippen LogP contribution >= 0.6 is 15.9 Å². The summed E-state index contributed by atoms with van der Waals surface area (Å²) in [6, 6.07) is 8.50. The summed E-state index contributed by atoms with van der Waals surface area (Å²) < 4.78 is 10.9. The Bertz CT molecular complexity index is 927. The summed E-state index contributed by atoms with van der Waals surface area (Å²) in [5, 5.41) is 8.91. The number of nitriles is 1. The molecule has 22 heavy (non-hydrogen) atoms. The lowest BCUT2D eigenvalue weighted by Gasteiger charge is -2.04. The lowest BCUT2D eigenvalue weighted by atomic mass is 10.1. The molecular weight excluding hydrogens is 350 g/mol. The van der Waals surface area contributed by atoms with E-state index in [1.165, 1.54) is 19.4 Å². The SMILES string of the molecule is COC(=O)c1cc(Br)ncc1-c1nc2ccc(C#N)cc2o1. The van der Waals surface area contributed by atoms with Crippen LogP contribution in [0.1, 0.15) is 15.9 Å². The normalized spacial score (nSPS) is 10.4. The Balaban J connectivity index is 2.19. The molecule has 0 unspecified atom stereocenters. The second-order valence-electron chi connectivity index (χ2n) is 4.36. The predicted molar refractivity (Wildman–Crippen MR) is 81.0 cm³/mol. The highest BCUT2D eigenvalue weighted by Gasteiger charge is 2.19. The molecule has 2 heterocycles. The highest BCUT2D eigenvalue weighted by molar-refractivity contribution is 9.10. The Morgan fingerprint density at radius 1 is 1.41 bits per heavy atom. The summed E-state index contributed by atoms with van der Waals surface area (Å²) >= 11 is 3.21. The third kappa shape index (κ3) is 2.44. The molecule has 0 N–H and O–H groups in total. The van der Waals surface area contributed by atoms with Gasteiger partial charge in [0, 0.05) is 12.3 Å². The number of nitrogens with zero attached hydrogens (tertiary/aromatic N) is 3. The molecule has 0 bridgehead atoms. The maximum atomic E-state index is 11.9. The summed E-state index contributed by atoms with van der Waals surface area (Å²) in [7, 11) is 1.30. The van der Waals surface area contributed by atoms with Crippen molar-refractivity contribution in [2.75, 3.05) is 7.11 Å². The van der Waals surface area contributed by atoms with Gasteiger partial charge in [0.05, 0.1) is 29.9 Å². The Morgan fingerprint density at radius 3 is 2.95 bits per heavy atom. The van der Waals surface area contributed by atoms with Crippen molar-refractivity contribution in [3.05, 3.63) is 46.2 Å².